The van der Waals surface area contributed by atoms with E-state index in [2.05, 4.69) is 10.0 Å². The molecule has 0 radical (unpaired) electrons. The number of benzene rings is 1. The Hall–Kier alpha value is -1.52. The maximum absolute atomic E-state index is 12.2. The van der Waals surface area contributed by atoms with Crippen molar-refractivity contribution >= 4 is 15.9 Å². The molecule has 9 heteroatoms. The van der Waals surface area contributed by atoms with Crippen LogP contribution in [0.2, 0.25) is 0 Å². The summed E-state index contributed by atoms with van der Waals surface area (Å²) in [7, 11) is 0.0900. The molecule has 1 fully saturated rings. The molecule has 3 atom stereocenters. The third-order valence-electron chi connectivity index (χ3n) is 4.41. The molecular formula is C18H29N3O5S. The number of ether oxygens (including phenoxy) is 1. The minimum absolute atomic E-state index is 0.110. The van der Waals surface area contributed by atoms with Gasteiger partial charge in [-0.1, -0.05) is 18.2 Å². The van der Waals surface area contributed by atoms with Crippen LogP contribution in [0.3, 0.4) is 0 Å². The first-order chi connectivity index (χ1) is 12.8. The molecule has 1 amide bonds. The van der Waals surface area contributed by atoms with Crippen molar-refractivity contribution in [3.05, 3.63) is 30.3 Å². The van der Waals surface area contributed by atoms with Crippen LogP contribution in [0.1, 0.15) is 19.3 Å². The Morgan fingerprint density at radius 3 is 2.59 bits per heavy atom. The van der Waals surface area contributed by atoms with E-state index in [-0.39, 0.29) is 42.6 Å². The monoisotopic (exact) mass is 399 g/mol. The molecule has 0 saturated carbocycles. The fraction of sp³-hybridized carbons (Fsp3) is 0.611. The normalized spacial score (nSPS) is 23.3. The van der Waals surface area contributed by atoms with Gasteiger partial charge in [0.1, 0.15) is 6.10 Å². The minimum Gasteiger partial charge on any atom is -0.394 e. The van der Waals surface area contributed by atoms with Gasteiger partial charge < -0.3 is 20.1 Å². The Kier molecular flexibility index (Phi) is 8.18. The quantitative estimate of drug-likeness (QED) is 0.537. The Morgan fingerprint density at radius 2 is 1.96 bits per heavy atom. The van der Waals surface area contributed by atoms with Crippen molar-refractivity contribution in [1.82, 2.24) is 14.9 Å². The average molecular weight is 400 g/mol. The van der Waals surface area contributed by atoms with Crippen LogP contribution >= 0.6 is 0 Å². The van der Waals surface area contributed by atoms with Crippen molar-refractivity contribution in [3.63, 3.8) is 0 Å². The Labute approximate surface area is 160 Å². The Morgan fingerprint density at radius 1 is 1.26 bits per heavy atom. The zero-order valence-corrected chi connectivity index (χ0v) is 16.6. The zero-order chi connectivity index (χ0) is 19.9. The van der Waals surface area contributed by atoms with Crippen LogP contribution in [0.5, 0.6) is 0 Å². The maximum Gasteiger partial charge on any atom is 0.240 e. The number of hydrogen-bond donors (Lipinski definition) is 3. The minimum atomic E-state index is -3.54. The van der Waals surface area contributed by atoms with Crippen LogP contribution in [0.4, 0.5) is 0 Å². The number of nitrogens with one attached hydrogen (secondary N) is 2. The molecule has 152 valence electrons. The van der Waals surface area contributed by atoms with Crippen molar-refractivity contribution < 1.29 is 23.1 Å². The number of rotatable bonds is 9. The number of aliphatic hydroxyl groups excluding tert-OH is 1. The van der Waals surface area contributed by atoms with E-state index < -0.39 is 16.1 Å². The highest BCUT2D eigenvalue weighted by atomic mass is 32.2. The lowest BCUT2D eigenvalue weighted by Crippen LogP contribution is -2.52. The van der Waals surface area contributed by atoms with Gasteiger partial charge in [0.25, 0.3) is 0 Å². The number of hydrogen-bond acceptors (Lipinski definition) is 6. The summed E-state index contributed by atoms with van der Waals surface area (Å²) in [5.41, 5.74) is 0. The van der Waals surface area contributed by atoms with E-state index in [4.69, 9.17) is 4.74 Å². The summed E-state index contributed by atoms with van der Waals surface area (Å²) in [4.78, 5) is 13.9. The predicted molar refractivity (Wildman–Crippen MR) is 102 cm³/mol. The van der Waals surface area contributed by atoms with Crippen molar-refractivity contribution in [2.75, 3.05) is 33.8 Å². The summed E-state index contributed by atoms with van der Waals surface area (Å²) in [5, 5.41) is 12.5. The highest BCUT2D eigenvalue weighted by Gasteiger charge is 2.31. The van der Waals surface area contributed by atoms with Gasteiger partial charge in [0.15, 0.2) is 0 Å². The number of sulfonamides is 1. The molecule has 1 saturated heterocycles. The Balaban J connectivity index is 1.80. The summed E-state index contributed by atoms with van der Waals surface area (Å²) in [6.45, 7) is 0.330. The standard InChI is InChI=1S/C18H29N3O5S/c1-21(2)12-18(23)20-16-9-8-14(26-17(16)13-22)10-11-19-27(24,25)15-6-4-3-5-7-15/h3-7,14,16-17,19,22H,8-13H2,1-2H3,(H,20,23)/t14-,16+,17-/m0/s1. The van der Waals surface area contributed by atoms with Crippen LogP contribution in [-0.2, 0) is 19.6 Å². The predicted octanol–water partition coefficient (Wildman–Crippen LogP) is -0.0587. The molecule has 2 rings (SSSR count). The fourth-order valence-corrected chi connectivity index (χ4v) is 4.15. The van der Waals surface area contributed by atoms with Gasteiger partial charge in [0.2, 0.25) is 15.9 Å². The summed E-state index contributed by atoms with van der Waals surface area (Å²) in [5.74, 6) is -0.110. The lowest BCUT2D eigenvalue weighted by Gasteiger charge is -2.36. The first-order valence-corrected chi connectivity index (χ1v) is 10.5. The van der Waals surface area contributed by atoms with Crippen LogP contribution in [0, 0.1) is 0 Å². The van der Waals surface area contributed by atoms with Crippen molar-refractivity contribution in [3.8, 4) is 0 Å². The lowest BCUT2D eigenvalue weighted by molar-refractivity contribution is -0.128. The van der Waals surface area contributed by atoms with E-state index >= 15 is 0 Å². The number of nitrogens with zero attached hydrogens (tertiary/aromatic N) is 1. The molecule has 0 bridgehead atoms. The molecule has 3 N–H and O–H groups in total. The highest BCUT2D eigenvalue weighted by Crippen LogP contribution is 2.22. The Bertz CT molecular complexity index is 696. The molecule has 0 aromatic heterocycles. The summed E-state index contributed by atoms with van der Waals surface area (Å²) in [6.07, 6.45) is 1.22. The van der Waals surface area contributed by atoms with Gasteiger partial charge in [-0.25, -0.2) is 13.1 Å². The SMILES string of the molecule is CN(C)CC(=O)N[C@@H]1CC[C@@H](CCNS(=O)(=O)c2ccccc2)O[C@H]1CO. The second kappa shape index (κ2) is 10.1. The van der Waals surface area contributed by atoms with E-state index in [0.29, 0.717) is 19.3 Å². The third kappa shape index (κ3) is 6.86. The van der Waals surface area contributed by atoms with E-state index in [0.717, 1.165) is 0 Å². The highest BCUT2D eigenvalue weighted by molar-refractivity contribution is 7.89. The second-order valence-corrected chi connectivity index (χ2v) is 8.73. The molecule has 8 nitrogen and oxygen atoms in total. The molecule has 1 aliphatic heterocycles. The van der Waals surface area contributed by atoms with E-state index in [1.54, 1.807) is 35.2 Å². The lowest BCUT2D eigenvalue weighted by atomic mass is 9.97. The van der Waals surface area contributed by atoms with Gasteiger partial charge >= 0.3 is 0 Å². The number of carbonyl (C=O) groups is 1. The van der Waals surface area contributed by atoms with Crippen LogP contribution < -0.4 is 10.0 Å². The largest absolute Gasteiger partial charge is 0.394 e. The number of amides is 1. The van der Waals surface area contributed by atoms with Gasteiger partial charge in [-0.3, -0.25) is 4.79 Å². The smallest absolute Gasteiger partial charge is 0.240 e. The molecule has 1 aromatic carbocycles. The zero-order valence-electron chi connectivity index (χ0n) is 15.8. The van der Waals surface area contributed by atoms with E-state index in [9.17, 15) is 18.3 Å². The van der Waals surface area contributed by atoms with E-state index in [1.165, 1.54) is 0 Å². The maximum atomic E-state index is 12.2. The molecule has 0 spiro atoms. The number of aliphatic hydroxyl groups is 1. The van der Waals surface area contributed by atoms with E-state index in [1.807, 2.05) is 14.1 Å². The third-order valence-corrected chi connectivity index (χ3v) is 5.89. The molecule has 27 heavy (non-hydrogen) atoms. The first kappa shape index (κ1) is 21.8. The van der Waals surface area contributed by atoms with Crippen LogP contribution in [-0.4, -0.2) is 76.4 Å². The van der Waals surface area contributed by atoms with Crippen molar-refractivity contribution in [2.24, 2.45) is 0 Å². The number of carbonyl (C=O) groups excluding carboxylic acids is 1. The van der Waals surface area contributed by atoms with Crippen molar-refractivity contribution in [2.45, 2.75) is 42.4 Å². The second-order valence-electron chi connectivity index (χ2n) is 6.97. The van der Waals surface area contributed by atoms with Crippen molar-refractivity contribution in [1.29, 1.82) is 0 Å². The molecule has 0 aliphatic carbocycles. The van der Waals surface area contributed by atoms with Crippen LogP contribution in [0.25, 0.3) is 0 Å². The summed E-state index contributed by atoms with van der Waals surface area (Å²) in [6, 6.07) is 7.96. The number of likely N-dealkylation sites (N-methyl/N-ethyl adjacent to an activating group) is 1. The first-order valence-electron chi connectivity index (χ1n) is 9.07. The summed E-state index contributed by atoms with van der Waals surface area (Å²) >= 11 is 0. The topological polar surface area (TPSA) is 108 Å². The van der Waals surface area contributed by atoms with Gasteiger partial charge in [-0.15, -0.1) is 0 Å². The summed E-state index contributed by atoms with van der Waals surface area (Å²) < 4.78 is 32.9. The molecule has 1 aromatic rings. The molecule has 1 aliphatic rings. The van der Waals surface area contributed by atoms with Gasteiger partial charge in [-0.2, -0.15) is 0 Å². The molecule has 0 unspecified atom stereocenters. The average Bonchev–Trinajstić information content (AvgIpc) is 2.62. The molecule has 1 heterocycles. The fourth-order valence-electron chi connectivity index (χ4n) is 3.09. The van der Waals surface area contributed by atoms with Gasteiger partial charge in [0, 0.05) is 6.54 Å². The molecular weight excluding hydrogens is 370 g/mol. The van der Waals surface area contributed by atoms with Gasteiger partial charge in [-0.05, 0) is 45.5 Å². The van der Waals surface area contributed by atoms with Gasteiger partial charge in [0.05, 0.1) is 30.2 Å². The van der Waals surface area contributed by atoms with Crippen LogP contribution in [0.15, 0.2) is 35.2 Å².